The maximum Gasteiger partial charge on any atom is 0.0375 e. The summed E-state index contributed by atoms with van der Waals surface area (Å²) in [6, 6.07) is 9.56. The molecule has 0 saturated carbocycles. The summed E-state index contributed by atoms with van der Waals surface area (Å²) in [4.78, 5) is 0. The molecule has 0 aromatic heterocycles. The molecule has 1 nitrogen and oxygen atoms in total. The number of benzene rings is 1. The highest BCUT2D eigenvalue weighted by atomic mass is 32.2. The molecule has 1 N–H and O–H groups in total. The zero-order valence-corrected chi connectivity index (χ0v) is 13.6. The van der Waals surface area contributed by atoms with E-state index in [0.717, 1.165) is 5.25 Å². The van der Waals surface area contributed by atoms with Crippen LogP contribution in [-0.4, -0.2) is 17.5 Å². The van der Waals surface area contributed by atoms with Crippen LogP contribution in [0.4, 0.5) is 0 Å². The Labute approximate surface area is 127 Å². The first-order valence-electron chi connectivity index (χ1n) is 8.09. The lowest BCUT2D eigenvalue weighted by atomic mass is 9.70. The second-order valence-electron chi connectivity index (χ2n) is 7.02. The number of nitrogens with one attached hydrogen (secondary N) is 1. The van der Waals surface area contributed by atoms with Crippen LogP contribution in [0.5, 0.6) is 0 Å². The molecule has 1 aromatic rings. The SMILES string of the molecule is CC1(C)CCc2ccccc2C1NCC1CCCCS1. The van der Waals surface area contributed by atoms with Crippen molar-refractivity contribution in [3.8, 4) is 0 Å². The van der Waals surface area contributed by atoms with Gasteiger partial charge in [0, 0.05) is 17.8 Å². The van der Waals surface area contributed by atoms with E-state index in [1.165, 1.54) is 44.4 Å². The molecule has 0 bridgehead atoms. The van der Waals surface area contributed by atoms with Crippen molar-refractivity contribution < 1.29 is 0 Å². The molecule has 1 aliphatic carbocycles. The van der Waals surface area contributed by atoms with Gasteiger partial charge in [0.15, 0.2) is 0 Å². The second kappa shape index (κ2) is 6.11. The van der Waals surface area contributed by atoms with Crippen LogP contribution >= 0.6 is 11.8 Å². The van der Waals surface area contributed by atoms with Crippen molar-refractivity contribution in [2.24, 2.45) is 5.41 Å². The summed E-state index contributed by atoms with van der Waals surface area (Å²) in [6.45, 7) is 6.02. The molecule has 1 heterocycles. The van der Waals surface area contributed by atoms with Crippen molar-refractivity contribution in [2.45, 2.75) is 57.2 Å². The van der Waals surface area contributed by atoms with Crippen molar-refractivity contribution in [2.75, 3.05) is 12.3 Å². The van der Waals surface area contributed by atoms with Crippen LogP contribution in [0.25, 0.3) is 0 Å². The second-order valence-corrected chi connectivity index (χ2v) is 8.43. The van der Waals surface area contributed by atoms with Crippen LogP contribution in [0.2, 0.25) is 0 Å². The molecule has 110 valence electrons. The van der Waals surface area contributed by atoms with Crippen LogP contribution in [0.1, 0.15) is 56.7 Å². The third-order valence-electron chi connectivity index (χ3n) is 5.01. The maximum absolute atomic E-state index is 3.92. The molecule has 0 spiro atoms. The first-order valence-corrected chi connectivity index (χ1v) is 9.14. The van der Waals surface area contributed by atoms with Crippen LogP contribution in [-0.2, 0) is 6.42 Å². The highest BCUT2D eigenvalue weighted by Crippen LogP contribution is 2.43. The smallest absolute Gasteiger partial charge is 0.0375 e. The van der Waals surface area contributed by atoms with Gasteiger partial charge in [0.2, 0.25) is 0 Å². The summed E-state index contributed by atoms with van der Waals surface area (Å²) < 4.78 is 0. The average Bonchev–Trinajstić information content (AvgIpc) is 2.47. The van der Waals surface area contributed by atoms with Gasteiger partial charge in [0.1, 0.15) is 0 Å². The van der Waals surface area contributed by atoms with E-state index in [-0.39, 0.29) is 0 Å². The molecular weight excluding hydrogens is 262 g/mol. The minimum Gasteiger partial charge on any atom is -0.308 e. The Hall–Kier alpha value is -0.470. The number of hydrogen-bond acceptors (Lipinski definition) is 2. The van der Waals surface area contributed by atoms with Gasteiger partial charge in [-0.2, -0.15) is 11.8 Å². The van der Waals surface area contributed by atoms with E-state index in [1.54, 1.807) is 11.1 Å². The van der Waals surface area contributed by atoms with E-state index in [4.69, 9.17) is 0 Å². The number of rotatable bonds is 3. The lowest BCUT2D eigenvalue weighted by Gasteiger charge is -2.41. The summed E-state index contributed by atoms with van der Waals surface area (Å²) in [5.41, 5.74) is 3.47. The molecule has 1 aromatic carbocycles. The van der Waals surface area contributed by atoms with Gasteiger partial charge in [-0.25, -0.2) is 0 Å². The fourth-order valence-corrected chi connectivity index (χ4v) is 4.92. The van der Waals surface area contributed by atoms with Crippen molar-refractivity contribution in [3.05, 3.63) is 35.4 Å². The van der Waals surface area contributed by atoms with Crippen LogP contribution < -0.4 is 5.32 Å². The minimum atomic E-state index is 0.369. The van der Waals surface area contributed by atoms with Crippen molar-refractivity contribution in [3.63, 3.8) is 0 Å². The van der Waals surface area contributed by atoms with Gasteiger partial charge in [-0.05, 0) is 48.0 Å². The van der Waals surface area contributed by atoms with Crippen molar-refractivity contribution >= 4 is 11.8 Å². The quantitative estimate of drug-likeness (QED) is 0.874. The third-order valence-corrected chi connectivity index (χ3v) is 6.41. The van der Waals surface area contributed by atoms with Crippen molar-refractivity contribution in [1.29, 1.82) is 0 Å². The lowest BCUT2D eigenvalue weighted by molar-refractivity contribution is 0.209. The van der Waals surface area contributed by atoms with Crippen LogP contribution in [0.15, 0.2) is 24.3 Å². The molecule has 2 unspecified atom stereocenters. The fraction of sp³-hybridized carbons (Fsp3) is 0.667. The molecule has 0 amide bonds. The molecule has 20 heavy (non-hydrogen) atoms. The Kier molecular flexibility index (Phi) is 4.42. The molecule has 2 heteroatoms. The number of aryl methyl sites for hydroxylation is 1. The Morgan fingerprint density at radius 3 is 2.90 bits per heavy atom. The van der Waals surface area contributed by atoms with E-state index in [0.29, 0.717) is 11.5 Å². The predicted octanol–water partition coefficient (Wildman–Crippen LogP) is 4.58. The molecular formula is C18H27NS. The van der Waals surface area contributed by atoms with Gasteiger partial charge in [-0.1, -0.05) is 44.5 Å². The lowest BCUT2D eigenvalue weighted by Crippen LogP contribution is -2.41. The summed E-state index contributed by atoms with van der Waals surface area (Å²) in [5, 5.41) is 4.74. The monoisotopic (exact) mass is 289 g/mol. The van der Waals surface area contributed by atoms with Gasteiger partial charge in [0.25, 0.3) is 0 Å². The number of fused-ring (bicyclic) bond motifs is 1. The molecule has 2 atom stereocenters. The Morgan fingerprint density at radius 2 is 2.10 bits per heavy atom. The van der Waals surface area contributed by atoms with Crippen LogP contribution in [0, 0.1) is 5.41 Å². The zero-order chi connectivity index (χ0) is 14.0. The summed E-state index contributed by atoms with van der Waals surface area (Å²) in [7, 11) is 0. The maximum atomic E-state index is 3.92. The Morgan fingerprint density at radius 1 is 1.25 bits per heavy atom. The molecule has 2 aliphatic rings. The highest BCUT2D eigenvalue weighted by molar-refractivity contribution is 7.99. The van der Waals surface area contributed by atoms with Crippen LogP contribution in [0.3, 0.4) is 0 Å². The van der Waals surface area contributed by atoms with E-state index in [1.807, 2.05) is 0 Å². The largest absolute Gasteiger partial charge is 0.308 e. The standard InChI is InChI=1S/C18H27NS/c1-18(2)11-10-14-7-3-4-9-16(14)17(18)19-13-15-8-5-6-12-20-15/h3-4,7,9,15,17,19H,5-6,8,10-13H2,1-2H3. The molecule has 0 radical (unpaired) electrons. The topological polar surface area (TPSA) is 12.0 Å². The minimum absolute atomic E-state index is 0.369. The van der Waals surface area contributed by atoms with Crippen molar-refractivity contribution in [1.82, 2.24) is 5.32 Å². The predicted molar refractivity (Wildman–Crippen MR) is 89.4 cm³/mol. The first-order chi connectivity index (χ1) is 9.67. The number of thioether (sulfide) groups is 1. The van der Waals surface area contributed by atoms with E-state index in [9.17, 15) is 0 Å². The van der Waals surface area contributed by atoms with Gasteiger partial charge < -0.3 is 5.32 Å². The van der Waals surface area contributed by atoms with E-state index in [2.05, 4.69) is 55.2 Å². The van der Waals surface area contributed by atoms with Gasteiger partial charge in [-0.3, -0.25) is 0 Å². The highest BCUT2D eigenvalue weighted by Gasteiger charge is 2.35. The average molecular weight is 289 g/mol. The van der Waals surface area contributed by atoms with Gasteiger partial charge in [0.05, 0.1) is 0 Å². The zero-order valence-electron chi connectivity index (χ0n) is 12.8. The Bertz CT molecular complexity index is 448. The third kappa shape index (κ3) is 3.07. The van der Waals surface area contributed by atoms with E-state index >= 15 is 0 Å². The molecule has 3 rings (SSSR count). The Balaban J connectivity index is 1.72. The summed E-state index contributed by atoms with van der Waals surface area (Å²) >= 11 is 2.17. The van der Waals surface area contributed by atoms with Gasteiger partial charge >= 0.3 is 0 Å². The normalized spacial score (nSPS) is 28.9. The van der Waals surface area contributed by atoms with Gasteiger partial charge in [-0.15, -0.1) is 0 Å². The van der Waals surface area contributed by atoms with E-state index < -0.39 is 0 Å². The molecule has 1 aliphatic heterocycles. The molecule has 1 saturated heterocycles. The number of hydrogen-bond donors (Lipinski definition) is 1. The first kappa shape index (κ1) is 14.5. The molecule has 1 fully saturated rings. The summed E-state index contributed by atoms with van der Waals surface area (Å²) in [6.07, 6.45) is 6.76. The summed E-state index contributed by atoms with van der Waals surface area (Å²) in [5.74, 6) is 1.36. The fourth-order valence-electron chi connectivity index (χ4n) is 3.67.